The summed E-state index contributed by atoms with van der Waals surface area (Å²) in [7, 11) is 0. The highest BCUT2D eigenvalue weighted by Crippen LogP contribution is 2.39. The van der Waals surface area contributed by atoms with Gasteiger partial charge in [-0.3, -0.25) is 0 Å². The van der Waals surface area contributed by atoms with E-state index in [9.17, 15) is 5.11 Å². The molecule has 25 heavy (non-hydrogen) atoms. The first-order valence-electron chi connectivity index (χ1n) is 8.92. The van der Waals surface area contributed by atoms with E-state index < -0.39 is 5.54 Å². The molecule has 3 unspecified atom stereocenters. The summed E-state index contributed by atoms with van der Waals surface area (Å²) in [5.74, 6) is 2.11. The number of benzene rings is 2. The lowest BCUT2D eigenvalue weighted by atomic mass is 9.94. The number of ether oxygens (including phenoxy) is 2. The van der Waals surface area contributed by atoms with E-state index in [2.05, 4.69) is 12.1 Å². The highest BCUT2D eigenvalue weighted by molar-refractivity contribution is 5.31. The Kier molecular flexibility index (Phi) is 5.61. The lowest BCUT2D eigenvalue weighted by Crippen LogP contribution is -2.40. The van der Waals surface area contributed by atoms with Crippen LogP contribution in [0.4, 0.5) is 0 Å². The minimum absolute atomic E-state index is 0.0383. The summed E-state index contributed by atoms with van der Waals surface area (Å²) >= 11 is 0. The van der Waals surface area contributed by atoms with Gasteiger partial charge in [-0.05, 0) is 61.9 Å². The van der Waals surface area contributed by atoms with Gasteiger partial charge in [0.25, 0.3) is 0 Å². The summed E-state index contributed by atoms with van der Waals surface area (Å²) in [4.78, 5) is 0. The third kappa shape index (κ3) is 4.74. The van der Waals surface area contributed by atoms with Crippen molar-refractivity contribution >= 4 is 0 Å². The van der Waals surface area contributed by atoms with E-state index in [1.807, 2.05) is 49.4 Å². The fourth-order valence-electron chi connectivity index (χ4n) is 3.40. The summed E-state index contributed by atoms with van der Waals surface area (Å²) in [6.07, 6.45) is 2.70. The Morgan fingerprint density at radius 2 is 1.84 bits per heavy atom. The number of nitrogens with two attached hydrogens (primary N) is 1. The zero-order valence-corrected chi connectivity index (χ0v) is 14.7. The van der Waals surface area contributed by atoms with Gasteiger partial charge in [0.05, 0.1) is 6.61 Å². The van der Waals surface area contributed by atoms with Crippen LogP contribution in [0.1, 0.15) is 37.7 Å². The van der Waals surface area contributed by atoms with Gasteiger partial charge in [0.2, 0.25) is 0 Å². The molecular formula is C21H27NO3. The lowest BCUT2D eigenvalue weighted by Gasteiger charge is -2.21. The molecule has 0 amide bonds. The van der Waals surface area contributed by atoms with Crippen LogP contribution in [-0.4, -0.2) is 30.0 Å². The molecule has 0 saturated heterocycles. The lowest BCUT2D eigenvalue weighted by molar-refractivity contribution is 0.143. The second kappa shape index (κ2) is 7.89. The number of aliphatic hydroxyl groups excluding tert-OH is 1. The van der Waals surface area contributed by atoms with Crippen LogP contribution in [0.25, 0.3) is 0 Å². The average Bonchev–Trinajstić information content (AvgIpc) is 3.04. The molecule has 3 rings (SSSR count). The molecule has 0 aliphatic heterocycles. The van der Waals surface area contributed by atoms with Crippen LogP contribution in [0.5, 0.6) is 11.5 Å². The Labute approximate surface area is 149 Å². The van der Waals surface area contributed by atoms with Crippen molar-refractivity contribution in [3.63, 3.8) is 0 Å². The van der Waals surface area contributed by atoms with Crippen LogP contribution >= 0.6 is 0 Å². The molecule has 134 valence electrons. The van der Waals surface area contributed by atoms with Crippen molar-refractivity contribution in [1.29, 1.82) is 0 Å². The van der Waals surface area contributed by atoms with Crippen LogP contribution in [0, 0.1) is 0 Å². The Morgan fingerprint density at radius 1 is 1.12 bits per heavy atom. The van der Waals surface area contributed by atoms with E-state index in [4.69, 9.17) is 15.2 Å². The summed E-state index contributed by atoms with van der Waals surface area (Å²) < 4.78 is 11.6. The molecule has 4 heteroatoms. The maximum absolute atomic E-state index is 9.41. The van der Waals surface area contributed by atoms with Gasteiger partial charge in [-0.1, -0.05) is 30.3 Å². The zero-order chi connectivity index (χ0) is 17.7. The Bertz CT molecular complexity index is 659. The number of aliphatic hydroxyl groups is 1. The Morgan fingerprint density at radius 3 is 2.48 bits per heavy atom. The molecule has 0 heterocycles. The molecule has 1 fully saturated rings. The van der Waals surface area contributed by atoms with Crippen molar-refractivity contribution in [2.24, 2.45) is 5.73 Å². The molecule has 2 aromatic rings. The molecule has 1 aliphatic rings. The monoisotopic (exact) mass is 341 g/mol. The van der Waals surface area contributed by atoms with Gasteiger partial charge in [-0.15, -0.1) is 0 Å². The van der Waals surface area contributed by atoms with Crippen LogP contribution < -0.4 is 15.2 Å². The van der Waals surface area contributed by atoms with E-state index in [1.165, 1.54) is 5.56 Å². The van der Waals surface area contributed by atoms with Gasteiger partial charge in [0.15, 0.2) is 0 Å². The maximum Gasteiger partial charge on any atom is 0.130 e. The minimum Gasteiger partial charge on any atom is -0.490 e. The molecule has 0 aromatic heterocycles. The molecule has 0 spiro atoms. The largest absolute Gasteiger partial charge is 0.490 e. The fourth-order valence-corrected chi connectivity index (χ4v) is 3.40. The molecule has 3 N–H and O–H groups in total. The number of hydrogen-bond acceptors (Lipinski definition) is 4. The smallest absolute Gasteiger partial charge is 0.130 e. The minimum atomic E-state index is -0.414. The normalized spacial score (nSPS) is 24.0. The summed E-state index contributed by atoms with van der Waals surface area (Å²) in [5.41, 5.74) is 7.03. The van der Waals surface area contributed by atoms with Crippen molar-refractivity contribution in [2.75, 3.05) is 13.2 Å². The quantitative estimate of drug-likeness (QED) is 0.809. The molecule has 0 radical (unpaired) electrons. The second-order valence-electron chi connectivity index (χ2n) is 7.08. The highest BCUT2D eigenvalue weighted by atomic mass is 16.5. The van der Waals surface area contributed by atoms with Crippen LogP contribution in [0.2, 0.25) is 0 Å². The van der Waals surface area contributed by atoms with Gasteiger partial charge in [-0.2, -0.15) is 0 Å². The first-order chi connectivity index (χ1) is 12.1. The molecular weight excluding hydrogens is 314 g/mol. The van der Waals surface area contributed by atoms with Crippen LogP contribution in [-0.2, 0) is 0 Å². The summed E-state index contributed by atoms with van der Waals surface area (Å²) in [5, 5.41) is 9.41. The van der Waals surface area contributed by atoms with Crippen LogP contribution in [0.3, 0.4) is 0 Å². The van der Waals surface area contributed by atoms with Crippen LogP contribution in [0.15, 0.2) is 54.6 Å². The van der Waals surface area contributed by atoms with Crippen molar-refractivity contribution in [1.82, 2.24) is 0 Å². The molecule has 0 bridgehead atoms. The Hall–Kier alpha value is -2.04. The molecule has 1 aliphatic carbocycles. The molecule has 1 saturated carbocycles. The maximum atomic E-state index is 9.41. The van der Waals surface area contributed by atoms with Gasteiger partial charge < -0.3 is 20.3 Å². The van der Waals surface area contributed by atoms with Crippen molar-refractivity contribution < 1.29 is 14.6 Å². The van der Waals surface area contributed by atoms with E-state index in [0.717, 1.165) is 30.8 Å². The predicted molar refractivity (Wildman–Crippen MR) is 99.1 cm³/mol. The van der Waals surface area contributed by atoms with Crippen molar-refractivity contribution in [2.45, 2.75) is 43.7 Å². The highest BCUT2D eigenvalue weighted by Gasteiger charge is 2.35. The number of rotatable bonds is 7. The fraction of sp³-hybridized carbons (Fsp3) is 0.429. The molecule has 2 aromatic carbocycles. The van der Waals surface area contributed by atoms with E-state index in [-0.39, 0.29) is 12.7 Å². The topological polar surface area (TPSA) is 64.7 Å². The standard InChI is InChI=1S/C21H27NO3/c1-16(14-24-19-5-3-2-4-6-19)25-20-9-7-17(8-10-20)18-11-12-21(22,13-18)15-23/h2-10,16,18,23H,11-15,22H2,1H3. The van der Waals surface area contributed by atoms with Gasteiger partial charge >= 0.3 is 0 Å². The van der Waals surface area contributed by atoms with Gasteiger partial charge in [0, 0.05) is 5.54 Å². The first-order valence-corrected chi connectivity index (χ1v) is 8.92. The zero-order valence-electron chi connectivity index (χ0n) is 14.7. The molecule has 4 nitrogen and oxygen atoms in total. The van der Waals surface area contributed by atoms with Crippen molar-refractivity contribution in [3.8, 4) is 11.5 Å². The van der Waals surface area contributed by atoms with Crippen molar-refractivity contribution in [3.05, 3.63) is 60.2 Å². The van der Waals surface area contributed by atoms with E-state index in [0.29, 0.717) is 12.5 Å². The first kappa shape index (κ1) is 17.8. The number of para-hydroxylation sites is 1. The summed E-state index contributed by atoms with van der Waals surface area (Å²) in [6.45, 7) is 2.56. The predicted octanol–water partition coefficient (Wildman–Crippen LogP) is 3.49. The molecule has 3 atom stereocenters. The van der Waals surface area contributed by atoms with Gasteiger partial charge in [-0.25, -0.2) is 0 Å². The summed E-state index contributed by atoms with van der Waals surface area (Å²) in [6, 6.07) is 18.0. The number of hydrogen-bond donors (Lipinski definition) is 2. The van der Waals surface area contributed by atoms with E-state index >= 15 is 0 Å². The van der Waals surface area contributed by atoms with E-state index in [1.54, 1.807) is 0 Å². The van der Waals surface area contributed by atoms with Gasteiger partial charge in [0.1, 0.15) is 24.2 Å². The third-order valence-electron chi connectivity index (χ3n) is 4.88. The SMILES string of the molecule is CC(COc1ccccc1)Oc1ccc(C2CCC(N)(CO)C2)cc1. The average molecular weight is 341 g/mol. The Balaban J connectivity index is 1.50. The second-order valence-corrected chi connectivity index (χ2v) is 7.08. The third-order valence-corrected chi connectivity index (χ3v) is 4.88.